The molecule has 0 unspecified atom stereocenters. The summed E-state index contributed by atoms with van der Waals surface area (Å²) in [5, 5.41) is 18.7. The van der Waals surface area contributed by atoms with E-state index >= 15 is 0 Å². The zero-order chi connectivity index (χ0) is 38.9. The van der Waals surface area contributed by atoms with Crippen LogP contribution >= 0.6 is 0 Å². The van der Waals surface area contributed by atoms with Crippen LogP contribution in [0.3, 0.4) is 0 Å². The molecule has 0 bridgehead atoms. The van der Waals surface area contributed by atoms with Gasteiger partial charge >= 0.3 is 0 Å². The Morgan fingerprint density at radius 3 is 1.56 bits per heavy atom. The normalized spacial score (nSPS) is 9.92. The van der Waals surface area contributed by atoms with E-state index in [0.29, 0.717) is 22.1 Å². The van der Waals surface area contributed by atoms with E-state index in [4.69, 9.17) is 9.84 Å². The first-order valence-electron chi connectivity index (χ1n) is 16.3. The first-order valence-corrected chi connectivity index (χ1v) is 16.3. The van der Waals surface area contributed by atoms with Crippen molar-refractivity contribution < 1.29 is 42.1 Å². The quantitative estimate of drug-likeness (QED) is 0.0863. The summed E-state index contributed by atoms with van der Waals surface area (Å²) in [5.41, 5.74) is 1.27. The second kappa shape index (κ2) is 21.9. The molecule has 0 fully saturated rings. The van der Waals surface area contributed by atoms with Crippen molar-refractivity contribution in [2.75, 3.05) is 0 Å². The van der Waals surface area contributed by atoms with Gasteiger partial charge in [0, 0.05) is 77.0 Å². The molecule has 8 aromatic rings. The number of halogens is 4. The topological polar surface area (TPSA) is 167 Å². The molecular formula is C44H44F4N6O5. The monoisotopic (exact) mass is 812 g/mol. The summed E-state index contributed by atoms with van der Waals surface area (Å²) in [6, 6.07) is 17.5. The molecule has 11 nitrogen and oxygen atoms in total. The number of ether oxygens (including phenoxy) is 1. The van der Waals surface area contributed by atoms with E-state index in [1.165, 1.54) is 18.6 Å². The number of nitrogens with one attached hydrogen (secondary N) is 2. The number of aromatic amines is 2. The number of rotatable bonds is 8. The third-order valence-electron chi connectivity index (χ3n) is 7.99. The van der Waals surface area contributed by atoms with Gasteiger partial charge in [0.1, 0.15) is 29.5 Å². The number of phenolic OH excluding ortho intramolecular Hbond substituents is 1. The van der Waals surface area contributed by atoms with Crippen LogP contribution in [0.2, 0.25) is 0 Å². The number of aliphatic hydroxyl groups excluding tert-OH is 1. The molecular weight excluding hydrogens is 769 g/mol. The standard InChI is InChI=1S/C20H13F2N3O2.C14H8F2N2O2.C6H7NO.4CH4/c21-15-5-6-16(27-11-12-3-1-7-23-9-12)18(22)17(15)19(26)14-10-25-20-13(14)4-2-8-24-20;15-9-3-4-10(19)12(16)11(9)13(20)8-6-18-14-7(8)2-1-5-17-14;8-5-6-2-1-3-7-4-6;;;;/h1-10H,11H2,(H,24,25);1-6,19H,(H,17,18);1-4,8H,5H2;4*1H4. The summed E-state index contributed by atoms with van der Waals surface area (Å²) < 4.78 is 62.0. The number of aliphatic hydroxyl groups is 1. The summed E-state index contributed by atoms with van der Waals surface area (Å²) in [7, 11) is 0. The van der Waals surface area contributed by atoms with Gasteiger partial charge < -0.3 is 24.9 Å². The number of aromatic nitrogens is 6. The lowest BCUT2D eigenvalue weighted by Crippen LogP contribution is -2.09. The first kappa shape index (κ1) is 47.9. The van der Waals surface area contributed by atoms with E-state index < -0.39 is 51.7 Å². The van der Waals surface area contributed by atoms with Gasteiger partial charge in [-0.05, 0) is 66.2 Å². The van der Waals surface area contributed by atoms with Crippen LogP contribution < -0.4 is 4.74 Å². The van der Waals surface area contributed by atoms with Crippen LogP contribution in [0, 0.1) is 23.3 Å². The molecule has 0 aliphatic heterocycles. The Bertz CT molecular complexity index is 2600. The summed E-state index contributed by atoms with van der Waals surface area (Å²) in [6.07, 6.45) is 12.3. The van der Waals surface area contributed by atoms with Gasteiger partial charge in [0.2, 0.25) is 11.6 Å². The van der Waals surface area contributed by atoms with Crippen LogP contribution in [-0.4, -0.2) is 51.7 Å². The molecule has 59 heavy (non-hydrogen) atoms. The highest BCUT2D eigenvalue weighted by Gasteiger charge is 2.26. The number of pyridine rings is 4. The van der Waals surface area contributed by atoms with Gasteiger partial charge in [0.05, 0.1) is 17.7 Å². The van der Waals surface area contributed by atoms with Crippen molar-refractivity contribution in [1.82, 2.24) is 29.9 Å². The van der Waals surface area contributed by atoms with E-state index in [9.17, 15) is 32.3 Å². The maximum Gasteiger partial charge on any atom is 0.201 e. The molecule has 0 saturated heterocycles. The van der Waals surface area contributed by atoms with Gasteiger partial charge in [0.25, 0.3) is 0 Å². The maximum absolute atomic E-state index is 14.9. The molecule has 0 aliphatic rings. The van der Waals surface area contributed by atoms with Gasteiger partial charge in [-0.3, -0.25) is 19.6 Å². The highest BCUT2D eigenvalue weighted by molar-refractivity contribution is 6.17. The molecule has 0 amide bonds. The molecule has 0 radical (unpaired) electrons. The number of fused-ring (bicyclic) bond motifs is 2. The lowest BCUT2D eigenvalue weighted by molar-refractivity contribution is 0.102. The lowest BCUT2D eigenvalue weighted by Gasteiger charge is -2.10. The lowest BCUT2D eigenvalue weighted by atomic mass is 10.0. The average molecular weight is 813 g/mol. The van der Waals surface area contributed by atoms with Crippen molar-refractivity contribution in [1.29, 1.82) is 0 Å². The number of carbonyl (C=O) groups excluding carboxylic acids is 2. The highest BCUT2D eigenvalue weighted by atomic mass is 19.1. The van der Waals surface area contributed by atoms with Gasteiger partial charge in [-0.1, -0.05) is 41.8 Å². The Kier molecular flexibility index (Phi) is 17.8. The van der Waals surface area contributed by atoms with Crippen molar-refractivity contribution in [3.8, 4) is 11.5 Å². The van der Waals surface area contributed by atoms with E-state index in [0.717, 1.165) is 35.4 Å². The summed E-state index contributed by atoms with van der Waals surface area (Å²) >= 11 is 0. The molecule has 0 atom stereocenters. The zero-order valence-electron chi connectivity index (χ0n) is 28.4. The highest BCUT2D eigenvalue weighted by Crippen LogP contribution is 2.29. The second-order valence-corrected chi connectivity index (χ2v) is 11.5. The van der Waals surface area contributed by atoms with E-state index in [-0.39, 0.29) is 59.8 Å². The number of carbonyl (C=O) groups is 2. The van der Waals surface area contributed by atoms with Gasteiger partial charge in [0.15, 0.2) is 23.1 Å². The Morgan fingerprint density at radius 1 is 0.610 bits per heavy atom. The molecule has 0 spiro atoms. The predicted octanol–water partition coefficient (Wildman–Crippen LogP) is 9.94. The molecule has 308 valence electrons. The van der Waals surface area contributed by atoms with Crippen molar-refractivity contribution in [2.45, 2.75) is 42.9 Å². The molecule has 0 aliphatic carbocycles. The number of nitrogens with zero attached hydrogens (tertiary/aromatic N) is 4. The number of phenols is 1. The summed E-state index contributed by atoms with van der Waals surface area (Å²) in [5.74, 6) is -6.90. The fourth-order valence-electron chi connectivity index (χ4n) is 5.30. The van der Waals surface area contributed by atoms with Crippen LogP contribution in [-0.2, 0) is 13.2 Å². The first-order chi connectivity index (χ1) is 26.7. The van der Waals surface area contributed by atoms with Gasteiger partial charge in [-0.25, -0.2) is 27.5 Å². The SMILES string of the molecule is C.C.C.C.O=C(c1c(F)ccc(O)c1F)c1c[nH]c2ncccc12.O=C(c1c(F)ccc(OCc2cccnc2)c1F)c1c[nH]c2ncccc12.OCc1cccnc1. The Morgan fingerprint density at radius 2 is 1.08 bits per heavy atom. The summed E-state index contributed by atoms with van der Waals surface area (Å²) in [4.78, 5) is 46.5. The molecule has 6 aromatic heterocycles. The zero-order valence-corrected chi connectivity index (χ0v) is 28.4. The minimum atomic E-state index is -1.27. The van der Waals surface area contributed by atoms with Crippen molar-refractivity contribution in [3.63, 3.8) is 0 Å². The van der Waals surface area contributed by atoms with Crippen LogP contribution in [0.15, 0.2) is 122 Å². The third-order valence-corrected chi connectivity index (χ3v) is 7.99. The largest absolute Gasteiger partial charge is 0.505 e. The van der Waals surface area contributed by atoms with Crippen LogP contribution in [0.4, 0.5) is 17.6 Å². The number of aromatic hydroxyl groups is 1. The third kappa shape index (κ3) is 10.8. The van der Waals surface area contributed by atoms with E-state index in [2.05, 4.69) is 29.9 Å². The Balaban J connectivity index is 0.000000332. The van der Waals surface area contributed by atoms with Crippen LogP contribution in [0.5, 0.6) is 11.5 Å². The Hall–Kier alpha value is -7.26. The fourth-order valence-corrected chi connectivity index (χ4v) is 5.30. The second-order valence-electron chi connectivity index (χ2n) is 11.5. The fraction of sp³-hybridized carbons (Fsp3) is 0.136. The van der Waals surface area contributed by atoms with Gasteiger partial charge in [-0.2, -0.15) is 0 Å². The molecule has 6 heterocycles. The predicted molar refractivity (Wildman–Crippen MR) is 219 cm³/mol. The summed E-state index contributed by atoms with van der Waals surface area (Å²) in [6.45, 7) is 0.120. The molecule has 0 saturated carbocycles. The van der Waals surface area contributed by atoms with Crippen molar-refractivity contribution in [2.24, 2.45) is 0 Å². The minimum absolute atomic E-state index is 0. The number of benzene rings is 2. The molecule has 2 aromatic carbocycles. The maximum atomic E-state index is 14.9. The van der Waals surface area contributed by atoms with Crippen molar-refractivity contribution in [3.05, 3.63) is 179 Å². The smallest absolute Gasteiger partial charge is 0.201 e. The minimum Gasteiger partial charge on any atom is -0.505 e. The van der Waals surface area contributed by atoms with Gasteiger partial charge in [-0.15, -0.1) is 0 Å². The number of H-pyrrole nitrogens is 2. The Labute approximate surface area is 338 Å². The number of ketones is 2. The molecule has 4 N–H and O–H groups in total. The average Bonchev–Trinajstić information content (AvgIpc) is 3.85. The molecule has 8 rings (SSSR count). The van der Waals surface area contributed by atoms with Crippen LogP contribution in [0.1, 0.15) is 72.7 Å². The van der Waals surface area contributed by atoms with E-state index in [1.807, 2.05) is 6.07 Å². The van der Waals surface area contributed by atoms with Crippen molar-refractivity contribution >= 4 is 33.6 Å². The number of hydrogen-bond donors (Lipinski definition) is 4. The van der Waals surface area contributed by atoms with E-state index in [1.54, 1.807) is 73.4 Å². The van der Waals surface area contributed by atoms with Crippen LogP contribution in [0.25, 0.3) is 22.1 Å². The number of hydrogen-bond acceptors (Lipinski definition) is 9. The molecule has 15 heteroatoms.